The van der Waals surface area contributed by atoms with Crippen LogP contribution in [0.2, 0.25) is 0 Å². The maximum Gasteiger partial charge on any atom is 0.198 e. The molecule has 3 rings (SSSR count). The number of aryl methyl sites for hydroxylation is 1. The van der Waals surface area contributed by atoms with Crippen LogP contribution in [0.15, 0.2) is 36.4 Å². The van der Waals surface area contributed by atoms with E-state index in [1.807, 2.05) is 30.3 Å². The van der Waals surface area contributed by atoms with Crippen molar-refractivity contribution in [2.75, 3.05) is 0 Å². The first kappa shape index (κ1) is 11.0. The molecule has 0 fully saturated rings. The minimum atomic E-state index is -0.0592. The van der Waals surface area contributed by atoms with E-state index in [0.29, 0.717) is 11.1 Å². The topological polar surface area (TPSA) is 37.3 Å². The van der Waals surface area contributed by atoms with Crippen LogP contribution in [0.3, 0.4) is 0 Å². The van der Waals surface area contributed by atoms with Crippen LogP contribution in [0.5, 0.6) is 5.75 Å². The lowest BCUT2D eigenvalue weighted by atomic mass is 9.96. The summed E-state index contributed by atoms with van der Waals surface area (Å²) >= 11 is 0. The van der Waals surface area contributed by atoms with Gasteiger partial charge in [-0.05, 0) is 23.6 Å². The van der Waals surface area contributed by atoms with E-state index in [0.717, 1.165) is 29.5 Å². The quantitative estimate of drug-likeness (QED) is 0.741. The summed E-state index contributed by atoms with van der Waals surface area (Å²) in [4.78, 5) is 12.3. The number of aromatic hydroxyl groups is 1. The molecule has 0 aliphatic heterocycles. The van der Waals surface area contributed by atoms with E-state index in [1.54, 1.807) is 6.07 Å². The molecule has 0 bridgehead atoms. The highest BCUT2D eigenvalue weighted by Gasteiger charge is 2.30. The average molecular weight is 238 g/mol. The van der Waals surface area contributed by atoms with Gasteiger partial charge in [0.1, 0.15) is 5.75 Å². The molecule has 0 saturated heterocycles. The van der Waals surface area contributed by atoms with Crippen LogP contribution < -0.4 is 0 Å². The predicted molar refractivity (Wildman–Crippen MR) is 71.0 cm³/mol. The first-order valence-corrected chi connectivity index (χ1v) is 6.23. The Labute approximate surface area is 106 Å². The maximum atomic E-state index is 12.3. The fourth-order valence-corrected chi connectivity index (χ4v) is 2.68. The molecule has 0 radical (unpaired) electrons. The lowest BCUT2D eigenvalue weighted by Crippen LogP contribution is -1.96. The molecule has 0 amide bonds. The lowest BCUT2D eigenvalue weighted by molar-refractivity contribution is 0.104. The Morgan fingerprint density at radius 2 is 1.72 bits per heavy atom. The monoisotopic (exact) mass is 238 g/mol. The Morgan fingerprint density at radius 1 is 1.00 bits per heavy atom. The Hall–Kier alpha value is -2.09. The van der Waals surface area contributed by atoms with Gasteiger partial charge in [-0.15, -0.1) is 0 Å². The summed E-state index contributed by atoms with van der Waals surface area (Å²) in [5.74, 6) is 0.0297. The third-order valence-corrected chi connectivity index (χ3v) is 3.46. The highest BCUT2D eigenvalue weighted by Crippen LogP contribution is 2.43. The van der Waals surface area contributed by atoms with Gasteiger partial charge in [0.05, 0.1) is 5.56 Å². The maximum absolute atomic E-state index is 12.3. The van der Waals surface area contributed by atoms with Crippen molar-refractivity contribution in [2.45, 2.75) is 19.8 Å². The van der Waals surface area contributed by atoms with Gasteiger partial charge in [-0.2, -0.15) is 0 Å². The summed E-state index contributed by atoms with van der Waals surface area (Å²) in [6.07, 6.45) is 1.94. The molecule has 0 heterocycles. The van der Waals surface area contributed by atoms with Gasteiger partial charge in [0, 0.05) is 11.1 Å². The summed E-state index contributed by atoms with van der Waals surface area (Å²) in [5.41, 5.74) is 4.20. The highest BCUT2D eigenvalue weighted by atomic mass is 16.3. The number of carbonyl (C=O) groups is 1. The minimum absolute atomic E-state index is 0.0592. The van der Waals surface area contributed by atoms with Crippen LogP contribution in [0.1, 0.15) is 34.8 Å². The number of ketones is 1. The fourth-order valence-electron chi connectivity index (χ4n) is 2.68. The van der Waals surface area contributed by atoms with Gasteiger partial charge in [0.15, 0.2) is 5.78 Å². The van der Waals surface area contributed by atoms with Gasteiger partial charge in [-0.25, -0.2) is 0 Å². The Morgan fingerprint density at radius 3 is 2.44 bits per heavy atom. The largest absolute Gasteiger partial charge is 0.507 e. The number of rotatable bonds is 2. The van der Waals surface area contributed by atoms with Gasteiger partial charge in [-0.1, -0.05) is 43.7 Å². The number of hydrogen-bond donors (Lipinski definition) is 1. The number of phenols is 1. The van der Waals surface area contributed by atoms with E-state index < -0.39 is 0 Å². The van der Waals surface area contributed by atoms with Gasteiger partial charge < -0.3 is 5.11 Å². The van der Waals surface area contributed by atoms with Crippen LogP contribution in [0.4, 0.5) is 0 Å². The molecule has 0 unspecified atom stereocenters. The van der Waals surface area contributed by atoms with Crippen molar-refractivity contribution in [2.24, 2.45) is 0 Å². The van der Waals surface area contributed by atoms with Crippen molar-refractivity contribution in [3.63, 3.8) is 0 Å². The smallest absolute Gasteiger partial charge is 0.198 e. The zero-order valence-electron chi connectivity index (χ0n) is 10.2. The van der Waals surface area contributed by atoms with Crippen LogP contribution in [0.25, 0.3) is 11.1 Å². The summed E-state index contributed by atoms with van der Waals surface area (Å²) < 4.78 is 0. The van der Waals surface area contributed by atoms with Crippen LogP contribution in [-0.4, -0.2) is 10.9 Å². The third-order valence-electron chi connectivity index (χ3n) is 3.46. The van der Waals surface area contributed by atoms with E-state index in [1.165, 1.54) is 0 Å². The first-order chi connectivity index (χ1) is 8.74. The molecular weight excluding hydrogens is 224 g/mol. The molecule has 0 spiro atoms. The highest BCUT2D eigenvalue weighted by molar-refractivity contribution is 6.23. The molecular formula is C16H14O2. The molecule has 18 heavy (non-hydrogen) atoms. The third kappa shape index (κ3) is 1.39. The standard InChI is InChI=1S/C16H14O2/c1-2-5-10-8-9-13(17)15-14(10)11-6-3-4-7-12(11)16(15)18/h3-4,6-9,17H,2,5H2,1H3. The number of carbonyl (C=O) groups excluding carboxylic acids is 1. The minimum Gasteiger partial charge on any atom is -0.507 e. The van der Waals surface area contributed by atoms with E-state index >= 15 is 0 Å². The SMILES string of the molecule is CCCc1ccc(O)c2c1-c1ccccc1C2=O. The second kappa shape index (κ2) is 3.98. The second-order valence-electron chi connectivity index (χ2n) is 4.62. The molecule has 1 aliphatic carbocycles. The second-order valence-corrected chi connectivity index (χ2v) is 4.62. The number of phenolic OH excluding ortho intramolecular Hbond substituents is 1. The molecule has 0 atom stereocenters. The van der Waals surface area contributed by atoms with Crippen LogP contribution >= 0.6 is 0 Å². The van der Waals surface area contributed by atoms with Crippen molar-refractivity contribution >= 4 is 5.78 Å². The van der Waals surface area contributed by atoms with Crippen molar-refractivity contribution in [3.8, 4) is 16.9 Å². The first-order valence-electron chi connectivity index (χ1n) is 6.23. The molecule has 1 aliphatic rings. The number of fused-ring (bicyclic) bond motifs is 3. The normalized spacial score (nSPS) is 12.4. The Balaban J connectivity index is 2.34. The molecule has 1 N–H and O–H groups in total. The number of benzene rings is 2. The van der Waals surface area contributed by atoms with E-state index in [4.69, 9.17) is 0 Å². The van der Waals surface area contributed by atoms with Crippen molar-refractivity contribution in [1.29, 1.82) is 0 Å². The van der Waals surface area contributed by atoms with Crippen molar-refractivity contribution in [1.82, 2.24) is 0 Å². The van der Waals surface area contributed by atoms with Crippen LogP contribution in [-0.2, 0) is 6.42 Å². The molecule has 2 nitrogen and oxygen atoms in total. The average Bonchev–Trinajstić information content (AvgIpc) is 2.69. The summed E-state index contributed by atoms with van der Waals surface area (Å²) in [6.45, 7) is 2.11. The number of hydrogen-bond acceptors (Lipinski definition) is 2. The van der Waals surface area contributed by atoms with E-state index in [2.05, 4.69) is 6.92 Å². The van der Waals surface area contributed by atoms with Gasteiger partial charge in [0.25, 0.3) is 0 Å². The van der Waals surface area contributed by atoms with Gasteiger partial charge in [-0.3, -0.25) is 4.79 Å². The molecule has 2 aromatic rings. The zero-order chi connectivity index (χ0) is 12.7. The molecule has 0 aromatic heterocycles. The zero-order valence-corrected chi connectivity index (χ0v) is 10.2. The molecule has 2 heteroatoms. The van der Waals surface area contributed by atoms with Crippen LogP contribution in [0, 0.1) is 0 Å². The van der Waals surface area contributed by atoms with E-state index in [9.17, 15) is 9.90 Å². The van der Waals surface area contributed by atoms with Crippen molar-refractivity contribution in [3.05, 3.63) is 53.1 Å². The molecule has 2 aromatic carbocycles. The predicted octanol–water partition coefficient (Wildman–Crippen LogP) is 3.56. The fraction of sp³-hybridized carbons (Fsp3) is 0.188. The van der Waals surface area contributed by atoms with Crippen molar-refractivity contribution < 1.29 is 9.90 Å². The Bertz CT molecular complexity index is 642. The molecule has 0 saturated carbocycles. The van der Waals surface area contributed by atoms with E-state index in [-0.39, 0.29) is 11.5 Å². The lowest BCUT2D eigenvalue weighted by Gasteiger charge is -2.09. The van der Waals surface area contributed by atoms with Gasteiger partial charge in [0.2, 0.25) is 0 Å². The summed E-state index contributed by atoms with van der Waals surface area (Å²) in [7, 11) is 0. The Kier molecular flexibility index (Phi) is 2.44. The summed E-state index contributed by atoms with van der Waals surface area (Å²) in [5, 5.41) is 9.95. The summed E-state index contributed by atoms with van der Waals surface area (Å²) in [6, 6.07) is 11.1. The van der Waals surface area contributed by atoms with Gasteiger partial charge >= 0.3 is 0 Å². The molecule has 90 valence electrons.